The summed E-state index contributed by atoms with van der Waals surface area (Å²) in [7, 11) is 1.34. The Labute approximate surface area is 175 Å². The lowest BCUT2D eigenvalue weighted by atomic mass is 10.0. The summed E-state index contributed by atoms with van der Waals surface area (Å²) >= 11 is 2.87. The van der Waals surface area contributed by atoms with Crippen LogP contribution in [0.3, 0.4) is 0 Å². The number of nitrogens with zero attached hydrogens (tertiary/aromatic N) is 2. The minimum atomic E-state index is -0.485. The first kappa shape index (κ1) is 19.4. The van der Waals surface area contributed by atoms with Gasteiger partial charge in [-0.15, -0.1) is 22.7 Å². The van der Waals surface area contributed by atoms with Gasteiger partial charge >= 0.3 is 5.97 Å². The van der Waals surface area contributed by atoms with Crippen LogP contribution in [0.25, 0.3) is 16.1 Å². The van der Waals surface area contributed by atoms with Gasteiger partial charge < -0.3 is 10.1 Å². The molecule has 8 heteroatoms. The lowest BCUT2D eigenvalue weighted by Crippen LogP contribution is -2.14. The van der Waals surface area contributed by atoms with Crippen LogP contribution < -0.4 is 5.32 Å². The van der Waals surface area contributed by atoms with Crippen LogP contribution in [-0.4, -0.2) is 28.4 Å². The van der Waals surface area contributed by atoms with Crippen LogP contribution in [0, 0.1) is 20.8 Å². The van der Waals surface area contributed by atoms with Crippen LogP contribution in [0.4, 0.5) is 5.00 Å². The van der Waals surface area contributed by atoms with Crippen LogP contribution in [0.2, 0.25) is 0 Å². The molecule has 0 spiro atoms. The highest BCUT2D eigenvalue weighted by molar-refractivity contribution is 7.17. The van der Waals surface area contributed by atoms with Gasteiger partial charge in [-0.1, -0.05) is 29.8 Å². The van der Waals surface area contributed by atoms with Crippen molar-refractivity contribution in [2.75, 3.05) is 12.4 Å². The Morgan fingerprint density at radius 2 is 1.79 bits per heavy atom. The lowest BCUT2D eigenvalue weighted by Gasteiger charge is -2.08. The fourth-order valence-corrected chi connectivity index (χ4v) is 5.05. The van der Waals surface area contributed by atoms with E-state index in [2.05, 4.69) is 10.3 Å². The van der Waals surface area contributed by atoms with Gasteiger partial charge in [0.05, 0.1) is 7.11 Å². The molecule has 1 aromatic carbocycles. The molecule has 4 aromatic rings. The molecule has 29 heavy (non-hydrogen) atoms. The number of ether oxygens (including phenoxy) is 1. The number of imidazole rings is 1. The standard InChI is InChI=1S/C21H19N3O3S2/c1-11-5-7-14(8-6-11)16-13(3)29-19(17(16)20(26)27-4)23-18(25)15-10-24-9-12(2)28-21(24)22-15/h5-10H,1-4H3,(H,23,25). The van der Waals surface area contributed by atoms with Gasteiger partial charge in [0, 0.05) is 27.7 Å². The average molecular weight is 426 g/mol. The molecule has 0 saturated carbocycles. The number of hydrogen-bond acceptors (Lipinski definition) is 6. The number of benzene rings is 1. The zero-order valence-electron chi connectivity index (χ0n) is 16.4. The highest BCUT2D eigenvalue weighted by atomic mass is 32.1. The van der Waals surface area contributed by atoms with Gasteiger partial charge in [0.2, 0.25) is 0 Å². The van der Waals surface area contributed by atoms with Gasteiger partial charge in [-0.05, 0) is 26.3 Å². The Morgan fingerprint density at radius 1 is 1.07 bits per heavy atom. The smallest absolute Gasteiger partial charge is 0.341 e. The Kier molecular flexibility index (Phi) is 4.97. The SMILES string of the molecule is COC(=O)c1c(NC(=O)c2cn3cc(C)sc3n2)sc(C)c1-c1ccc(C)cc1. The molecule has 0 fully saturated rings. The molecule has 1 N–H and O–H groups in total. The van der Waals surface area contributed by atoms with E-state index in [9.17, 15) is 9.59 Å². The lowest BCUT2D eigenvalue weighted by molar-refractivity contribution is 0.0603. The molecule has 0 aliphatic rings. The summed E-state index contributed by atoms with van der Waals surface area (Å²) in [6.45, 7) is 5.93. The summed E-state index contributed by atoms with van der Waals surface area (Å²) in [5, 5.41) is 3.32. The van der Waals surface area contributed by atoms with Crippen molar-refractivity contribution in [1.29, 1.82) is 0 Å². The normalized spacial score (nSPS) is 11.0. The number of rotatable bonds is 4. The number of thiazole rings is 1. The number of anilines is 1. The highest BCUT2D eigenvalue weighted by Gasteiger charge is 2.26. The molecule has 0 aliphatic carbocycles. The van der Waals surface area contributed by atoms with Crippen molar-refractivity contribution in [3.8, 4) is 11.1 Å². The number of carbonyl (C=O) groups excluding carboxylic acids is 2. The van der Waals surface area contributed by atoms with E-state index < -0.39 is 5.97 Å². The molecule has 6 nitrogen and oxygen atoms in total. The van der Waals surface area contributed by atoms with Crippen molar-refractivity contribution in [3.63, 3.8) is 0 Å². The minimum Gasteiger partial charge on any atom is -0.465 e. The summed E-state index contributed by atoms with van der Waals surface area (Å²) < 4.78 is 6.84. The molecule has 0 aliphatic heterocycles. The zero-order valence-corrected chi connectivity index (χ0v) is 18.0. The third-order valence-electron chi connectivity index (χ3n) is 4.55. The molecule has 0 atom stereocenters. The third kappa shape index (κ3) is 3.56. The van der Waals surface area contributed by atoms with Gasteiger partial charge in [0.1, 0.15) is 16.3 Å². The number of aromatic nitrogens is 2. The first-order valence-corrected chi connectivity index (χ1v) is 10.6. The summed E-state index contributed by atoms with van der Waals surface area (Å²) in [6.07, 6.45) is 3.61. The Hall–Kier alpha value is -2.97. The number of aryl methyl sites for hydroxylation is 3. The van der Waals surface area contributed by atoms with Crippen molar-refractivity contribution in [1.82, 2.24) is 9.38 Å². The van der Waals surface area contributed by atoms with Crippen LogP contribution in [0.1, 0.15) is 36.2 Å². The first-order valence-electron chi connectivity index (χ1n) is 8.92. The van der Waals surface area contributed by atoms with Crippen molar-refractivity contribution in [2.24, 2.45) is 0 Å². The molecule has 3 heterocycles. The largest absolute Gasteiger partial charge is 0.465 e. The number of hydrogen-bond donors (Lipinski definition) is 1. The van der Waals surface area contributed by atoms with Crippen LogP contribution >= 0.6 is 22.7 Å². The molecule has 1 amide bonds. The molecule has 0 saturated heterocycles. The van der Waals surface area contributed by atoms with E-state index in [0.717, 1.165) is 31.4 Å². The first-order chi connectivity index (χ1) is 13.9. The molecule has 0 radical (unpaired) electrons. The van der Waals surface area contributed by atoms with E-state index in [-0.39, 0.29) is 5.91 Å². The molecule has 148 valence electrons. The van der Waals surface area contributed by atoms with Gasteiger partial charge in [-0.25, -0.2) is 9.78 Å². The number of thiophene rings is 1. The number of esters is 1. The highest BCUT2D eigenvalue weighted by Crippen LogP contribution is 2.40. The average Bonchev–Trinajstić information content (AvgIpc) is 3.32. The summed E-state index contributed by atoms with van der Waals surface area (Å²) in [5.74, 6) is -0.845. The van der Waals surface area contributed by atoms with E-state index in [1.165, 1.54) is 29.8 Å². The molecular formula is C21H19N3O3S2. The monoisotopic (exact) mass is 425 g/mol. The van der Waals surface area contributed by atoms with Crippen LogP contribution in [0.5, 0.6) is 0 Å². The van der Waals surface area contributed by atoms with Crippen molar-refractivity contribution < 1.29 is 14.3 Å². The topological polar surface area (TPSA) is 72.7 Å². The second kappa shape index (κ2) is 7.46. The number of methoxy groups -OCH3 is 1. The summed E-state index contributed by atoms with van der Waals surface area (Å²) in [5.41, 5.74) is 3.48. The van der Waals surface area contributed by atoms with Crippen molar-refractivity contribution in [2.45, 2.75) is 20.8 Å². The molecule has 0 bridgehead atoms. The van der Waals surface area contributed by atoms with Crippen LogP contribution in [0.15, 0.2) is 36.7 Å². The minimum absolute atomic E-state index is 0.301. The van der Waals surface area contributed by atoms with Crippen molar-refractivity contribution >= 4 is 44.5 Å². The zero-order chi connectivity index (χ0) is 20.7. The molecule has 4 rings (SSSR count). The summed E-state index contributed by atoms with van der Waals surface area (Å²) in [6, 6.07) is 7.92. The number of amides is 1. The van der Waals surface area contributed by atoms with Gasteiger partial charge in [-0.2, -0.15) is 0 Å². The number of fused-ring (bicyclic) bond motifs is 1. The number of nitrogens with one attached hydrogen (secondary N) is 1. The van der Waals surface area contributed by atoms with Crippen molar-refractivity contribution in [3.05, 3.63) is 63.2 Å². The molecule has 3 aromatic heterocycles. The van der Waals surface area contributed by atoms with E-state index in [1.54, 1.807) is 6.20 Å². The van der Waals surface area contributed by atoms with Crippen LogP contribution in [-0.2, 0) is 4.74 Å². The maximum absolute atomic E-state index is 12.8. The second-order valence-electron chi connectivity index (χ2n) is 6.71. The maximum atomic E-state index is 12.8. The fourth-order valence-electron chi connectivity index (χ4n) is 3.18. The van der Waals surface area contributed by atoms with E-state index in [1.807, 2.05) is 55.6 Å². The Balaban J connectivity index is 1.73. The predicted molar refractivity (Wildman–Crippen MR) is 116 cm³/mol. The predicted octanol–water partition coefficient (Wildman–Crippen LogP) is 5.09. The van der Waals surface area contributed by atoms with E-state index >= 15 is 0 Å². The van der Waals surface area contributed by atoms with Gasteiger partial charge in [0.25, 0.3) is 5.91 Å². The second-order valence-corrected chi connectivity index (χ2v) is 9.14. The van der Waals surface area contributed by atoms with E-state index in [4.69, 9.17) is 4.74 Å². The van der Waals surface area contributed by atoms with Gasteiger partial charge in [0.15, 0.2) is 4.96 Å². The third-order valence-corrected chi connectivity index (χ3v) is 6.48. The Bertz CT molecular complexity index is 1200. The fraction of sp³-hybridized carbons (Fsp3) is 0.190. The maximum Gasteiger partial charge on any atom is 0.341 e. The van der Waals surface area contributed by atoms with Gasteiger partial charge in [-0.3, -0.25) is 9.20 Å². The quantitative estimate of drug-likeness (QED) is 0.462. The number of carbonyl (C=O) groups is 2. The summed E-state index contributed by atoms with van der Waals surface area (Å²) in [4.78, 5) is 32.6. The molecule has 0 unspecified atom stereocenters. The molecular weight excluding hydrogens is 406 g/mol. The Morgan fingerprint density at radius 3 is 2.45 bits per heavy atom. The van der Waals surface area contributed by atoms with E-state index in [0.29, 0.717) is 16.3 Å².